The van der Waals surface area contributed by atoms with Crippen molar-refractivity contribution < 1.29 is 14.7 Å². The van der Waals surface area contributed by atoms with Gasteiger partial charge in [-0.2, -0.15) is 0 Å². The van der Waals surface area contributed by atoms with Gasteiger partial charge in [0, 0.05) is 23.7 Å². The van der Waals surface area contributed by atoms with Crippen molar-refractivity contribution in [2.45, 2.75) is 33.1 Å². The summed E-state index contributed by atoms with van der Waals surface area (Å²) in [7, 11) is 0. The molecule has 114 valence electrons. The fourth-order valence-electron chi connectivity index (χ4n) is 2.91. The molecule has 0 aliphatic carbocycles. The number of carboxylic acids is 1. The van der Waals surface area contributed by atoms with Gasteiger partial charge in [0.2, 0.25) is 0 Å². The Morgan fingerprint density at radius 1 is 1.43 bits per heavy atom. The van der Waals surface area contributed by atoms with Crippen molar-refractivity contribution in [2.24, 2.45) is 5.41 Å². The number of hydrogen-bond donors (Lipinski definition) is 1. The monoisotopic (exact) mass is 309 g/mol. The molecule has 0 radical (unpaired) electrons. The number of benzene rings is 1. The smallest absolute Gasteiger partial charge is 0.311 e. The van der Waals surface area contributed by atoms with Crippen LogP contribution in [0.2, 0.25) is 5.02 Å². The van der Waals surface area contributed by atoms with E-state index in [9.17, 15) is 14.7 Å². The normalized spacial score (nSPS) is 22.1. The third kappa shape index (κ3) is 3.05. The molecule has 1 saturated heterocycles. The molecule has 0 saturated carbocycles. The van der Waals surface area contributed by atoms with Crippen LogP contribution in [0.25, 0.3) is 0 Å². The first-order valence-electron chi connectivity index (χ1n) is 7.18. The molecule has 5 heteroatoms. The van der Waals surface area contributed by atoms with E-state index in [1.165, 1.54) is 0 Å². The van der Waals surface area contributed by atoms with Crippen molar-refractivity contribution in [1.82, 2.24) is 4.90 Å². The lowest BCUT2D eigenvalue weighted by molar-refractivity contribution is -0.152. The number of carbonyl (C=O) groups is 2. The first kappa shape index (κ1) is 15.8. The number of amides is 1. The standard InChI is InChI=1S/C16H20ClNO3/c1-3-16(15(20)21)7-4-8-18(10-16)14(19)13-9-12(17)6-5-11(13)2/h5-6,9H,3-4,7-8,10H2,1-2H3,(H,20,21). The Bertz CT molecular complexity index is 573. The van der Waals surface area contributed by atoms with Crippen LogP contribution in [0, 0.1) is 12.3 Å². The van der Waals surface area contributed by atoms with E-state index in [-0.39, 0.29) is 12.5 Å². The molecule has 1 N–H and O–H groups in total. The van der Waals surface area contributed by atoms with Crippen LogP contribution in [0.15, 0.2) is 18.2 Å². The predicted molar refractivity (Wildman–Crippen MR) is 81.7 cm³/mol. The molecule has 1 aliphatic heterocycles. The van der Waals surface area contributed by atoms with Gasteiger partial charge >= 0.3 is 5.97 Å². The molecule has 1 aromatic rings. The van der Waals surface area contributed by atoms with Crippen molar-refractivity contribution in [1.29, 1.82) is 0 Å². The first-order chi connectivity index (χ1) is 9.89. The minimum absolute atomic E-state index is 0.131. The van der Waals surface area contributed by atoms with E-state index in [0.717, 1.165) is 5.56 Å². The summed E-state index contributed by atoms with van der Waals surface area (Å²) in [6.45, 7) is 4.59. The van der Waals surface area contributed by atoms with Crippen LogP contribution < -0.4 is 0 Å². The molecule has 1 atom stereocenters. The van der Waals surface area contributed by atoms with E-state index >= 15 is 0 Å². The molecular formula is C16H20ClNO3. The third-order valence-electron chi connectivity index (χ3n) is 4.42. The van der Waals surface area contributed by atoms with Gasteiger partial charge in [-0.05, 0) is 43.9 Å². The number of rotatable bonds is 3. The summed E-state index contributed by atoms with van der Waals surface area (Å²) in [6.07, 6.45) is 1.86. The van der Waals surface area contributed by atoms with Gasteiger partial charge in [-0.15, -0.1) is 0 Å². The zero-order valence-electron chi connectivity index (χ0n) is 12.4. The Morgan fingerprint density at radius 3 is 2.76 bits per heavy atom. The van der Waals surface area contributed by atoms with Crippen LogP contribution in [0.1, 0.15) is 42.1 Å². The van der Waals surface area contributed by atoms with Gasteiger partial charge in [-0.25, -0.2) is 0 Å². The highest BCUT2D eigenvalue weighted by Gasteiger charge is 2.42. The van der Waals surface area contributed by atoms with Gasteiger partial charge in [-0.1, -0.05) is 24.6 Å². The van der Waals surface area contributed by atoms with Crippen molar-refractivity contribution in [3.63, 3.8) is 0 Å². The SMILES string of the molecule is CCC1(C(=O)O)CCCN(C(=O)c2cc(Cl)ccc2C)C1. The summed E-state index contributed by atoms with van der Waals surface area (Å²) >= 11 is 5.97. The number of carbonyl (C=O) groups excluding carboxylic acids is 1. The van der Waals surface area contributed by atoms with E-state index in [0.29, 0.717) is 36.4 Å². The number of nitrogens with zero attached hydrogens (tertiary/aromatic N) is 1. The highest BCUT2D eigenvalue weighted by atomic mass is 35.5. The number of aryl methyl sites for hydroxylation is 1. The van der Waals surface area contributed by atoms with Crippen molar-refractivity contribution in [3.8, 4) is 0 Å². The number of halogens is 1. The van der Waals surface area contributed by atoms with E-state index in [2.05, 4.69) is 0 Å². The minimum atomic E-state index is -0.819. The molecule has 1 unspecified atom stereocenters. The largest absolute Gasteiger partial charge is 0.481 e. The number of aliphatic carboxylic acids is 1. The molecule has 4 nitrogen and oxygen atoms in total. The number of carboxylic acid groups (broad SMARTS) is 1. The summed E-state index contributed by atoms with van der Waals surface area (Å²) in [4.78, 5) is 25.9. The molecule has 1 aromatic carbocycles. The predicted octanol–water partition coefficient (Wildman–Crippen LogP) is 3.37. The zero-order valence-corrected chi connectivity index (χ0v) is 13.1. The molecule has 1 amide bonds. The number of likely N-dealkylation sites (tertiary alicyclic amines) is 1. The Kier molecular flexibility index (Phi) is 4.57. The average molecular weight is 310 g/mol. The van der Waals surface area contributed by atoms with Gasteiger partial charge < -0.3 is 10.0 Å². The highest BCUT2D eigenvalue weighted by molar-refractivity contribution is 6.31. The van der Waals surface area contributed by atoms with Crippen LogP contribution in [-0.2, 0) is 4.79 Å². The second-order valence-electron chi connectivity index (χ2n) is 5.73. The summed E-state index contributed by atoms with van der Waals surface area (Å²) < 4.78 is 0. The van der Waals surface area contributed by atoms with E-state index < -0.39 is 11.4 Å². The highest BCUT2D eigenvalue weighted by Crippen LogP contribution is 2.34. The topological polar surface area (TPSA) is 57.6 Å². The third-order valence-corrected chi connectivity index (χ3v) is 4.66. The Labute approximate surface area is 129 Å². The van der Waals surface area contributed by atoms with Crippen LogP contribution >= 0.6 is 11.6 Å². The van der Waals surface area contributed by atoms with Crippen molar-refractivity contribution in [2.75, 3.05) is 13.1 Å². The first-order valence-corrected chi connectivity index (χ1v) is 7.56. The van der Waals surface area contributed by atoms with Gasteiger partial charge in [0.15, 0.2) is 0 Å². The molecule has 1 fully saturated rings. The van der Waals surface area contributed by atoms with E-state index in [1.807, 2.05) is 19.9 Å². The molecule has 0 bridgehead atoms. The summed E-state index contributed by atoms with van der Waals surface area (Å²) in [5.74, 6) is -0.945. The van der Waals surface area contributed by atoms with Crippen LogP contribution in [0.5, 0.6) is 0 Å². The number of piperidine rings is 1. The van der Waals surface area contributed by atoms with Crippen molar-refractivity contribution in [3.05, 3.63) is 34.3 Å². The average Bonchev–Trinajstić information content (AvgIpc) is 2.48. The van der Waals surface area contributed by atoms with Gasteiger partial charge in [0.1, 0.15) is 0 Å². The lowest BCUT2D eigenvalue weighted by Crippen LogP contribution is -2.49. The van der Waals surface area contributed by atoms with Gasteiger partial charge in [0.25, 0.3) is 5.91 Å². The summed E-state index contributed by atoms with van der Waals surface area (Å²) in [5.41, 5.74) is 0.590. The Balaban J connectivity index is 2.27. The second kappa shape index (κ2) is 6.06. The maximum atomic E-state index is 12.7. The Morgan fingerprint density at radius 2 is 2.14 bits per heavy atom. The van der Waals surface area contributed by atoms with E-state index in [4.69, 9.17) is 11.6 Å². The summed E-state index contributed by atoms with van der Waals surface area (Å²) in [6, 6.07) is 5.21. The van der Waals surface area contributed by atoms with Gasteiger partial charge in [-0.3, -0.25) is 9.59 Å². The molecule has 21 heavy (non-hydrogen) atoms. The maximum Gasteiger partial charge on any atom is 0.311 e. The second-order valence-corrected chi connectivity index (χ2v) is 6.16. The van der Waals surface area contributed by atoms with Crippen LogP contribution in [0.4, 0.5) is 0 Å². The zero-order chi connectivity index (χ0) is 15.6. The Hall–Kier alpha value is -1.55. The fourth-order valence-corrected chi connectivity index (χ4v) is 3.09. The molecular weight excluding hydrogens is 290 g/mol. The molecule has 1 heterocycles. The van der Waals surface area contributed by atoms with Crippen LogP contribution in [0.3, 0.4) is 0 Å². The van der Waals surface area contributed by atoms with Crippen LogP contribution in [-0.4, -0.2) is 35.0 Å². The number of hydrogen-bond acceptors (Lipinski definition) is 2. The molecule has 1 aliphatic rings. The van der Waals surface area contributed by atoms with E-state index in [1.54, 1.807) is 17.0 Å². The molecule has 0 spiro atoms. The quantitative estimate of drug-likeness (QED) is 0.931. The van der Waals surface area contributed by atoms with Crippen molar-refractivity contribution >= 4 is 23.5 Å². The molecule has 2 rings (SSSR count). The lowest BCUT2D eigenvalue weighted by Gasteiger charge is -2.39. The molecule has 0 aromatic heterocycles. The fraction of sp³-hybridized carbons (Fsp3) is 0.500. The lowest BCUT2D eigenvalue weighted by atomic mass is 9.77. The maximum absolute atomic E-state index is 12.7. The van der Waals surface area contributed by atoms with Gasteiger partial charge in [0.05, 0.1) is 5.41 Å². The minimum Gasteiger partial charge on any atom is -0.481 e. The summed E-state index contributed by atoms with van der Waals surface area (Å²) in [5, 5.41) is 10.0.